The summed E-state index contributed by atoms with van der Waals surface area (Å²) in [6, 6.07) is 6.89. The summed E-state index contributed by atoms with van der Waals surface area (Å²) in [5, 5.41) is 4.10. The molecule has 2 aromatic rings. The van der Waals surface area contributed by atoms with Crippen molar-refractivity contribution in [1.29, 1.82) is 0 Å². The molecule has 12 heteroatoms. The maximum atomic E-state index is 14.5. The first-order valence-electron chi connectivity index (χ1n) is 10.1. The Morgan fingerprint density at radius 1 is 1.21 bits per heavy atom. The molecule has 1 fully saturated rings. The highest BCUT2D eigenvalue weighted by molar-refractivity contribution is 6.32. The largest absolute Gasteiger partial charge is 0.352 e. The number of nitrogens with one attached hydrogen (secondary N) is 2. The number of imide groups is 1. The lowest BCUT2D eigenvalue weighted by Gasteiger charge is -2.40. The average molecular weight is 490 g/mol. The lowest BCUT2D eigenvalue weighted by molar-refractivity contribution is -0.147. The number of rotatable bonds is 5. The standard InChI is InChI=1S/C22H16BClF3N3O4/c23-21(6-5-17(31)29-19(21)33)30-10-12-7-11(1-3-14(12)18(30)32)9-28-20(34)22(26,27)15-4-2-13(24)8-16(15)25/h1-4,7-8H,5-6,9-10H2,(H,28,34)(H,29,31,33). The number of benzene rings is 2. The van der Waals surface area contributed by atoms with Crippen molar-refractivity contribution in [2.24, 2.45) is 0 Å². The van der Waals surface area contributed by atoms with Crippen molar-refractivity contribution in [1.82, 2.24) is 15.5 Å². The molecule has 34 heavy (non-hydrogen) atoms. The van der Waals surface area contributed by atoms with E-state index < -0.39 is 46.4 Å². The van der Waals surface area contributed by atoms with Gasteiger partial charge in [-0.15, -0.1) is 0 Å². The summed E-state index contributed by atoms with van der Waals surface area (Å²) in [5.41, 5.74) is -1.69. The van der Waals surface area contributed by atoms with Crippen LogP contribution in [-0.4, -0.2) is 41.8 Å². The highest BCUT2D eigenvalue weighted by Gasteiger charge is 2.48. The van der Waals surface area contributed by atoms with Gasteiger partial charge in [-0.3, -0.25) is 24.5 Å². The molecule has 0 aliphatic carbocycles. The smallest absolute Gasteiger partial charge is 0.346 e. The number of halogens is 4. The van der Waals surface area contributed by atoms with Crippen LogP contribution in [0.25, 0.3) is 0 Å². The number of carbonyl (C=O) groups is 4. The molecule has 4 rings (SSSR count). The molecule has 2 radical (unpaired) electrons. The van der Waals surface area contributed by atoms with E-state index in [1.54, 1.807) is 0 Å². The molecule has 0 spiro atoms. The first-order chi connectivity index (χ1) is 15.9. The van der Waals surface area contributed by atoms with E-state index in [4.69, 9.17) is 19.4 Å². The third-order valence-corrected chi connectivity index (χ3v) is 6.08. The van der Waals surface area contributed by atoms with Crippen LogP contribution in [0.15, 0.2) is 36.4 Å². The molecule has 1 unspecified atom stereocenters. The van der Waals surface area contributed by atoms with E-state index >= 15 is 0 Å². The lowest BCUT2D eigenvalue weighted by atomic mass is 9.70. The fourth-order valence-corrected chi connectivity index (χ4v) is 4.10. The second-order valence-electron chi connectivity index (χ2n) is 8.07. The molecule has 1 saturated heterocycles. The Balaban J connectivity index is 1.47. The number of fused-ring (bicyclic) bond motifs is 1. The van der Waals surface area contributed by atoms with Crippen molar-refractivity contribution >= 4 is 43.1 Å². The zero-order valence-electron chi connectivity index (χ0n) is 17.5. The number of carbonyl (C=O) groups excluding carboxylic acids is 4. The van der Waals surface area contributed by atoms with Crippen LogP contribution >= 0.6 is 11.6 Å². The van der Waals surface area contributed by atoms with Gasteiger partial charge in [0.05, 0.1) is 11.0 Å². The van der Waals surface area contributed by atoms with Crippen LogP contribution in [0.1, 0.15) is 39.9 Å². The van der Waals surface area contributed by atoms with Crippen molar-refractivity contribution < 1.29 is 32.3 Å². The first kappa shape index (κ1) is 23.8. The second-order valence-corrected chi connectivity index (χ2v) is 8.50. The minimum Gasteiger partial charge on any atom is -0.346 e. The fourth-order valence-electron chi connectivity index (χ4n) is 3.94. The van der Waals surface area contributed by atoms with Crippen LogP contribution in [-0.2, 0) is 33.4 Å². The quantitative estimate of drug-likeness (QED) is 0.497. The SMILES string of the molecule is [B]C1(N2Cc3cc(CNC(=O)C(F)(F)c4ccc(Cl)cc4F)ccc3C2=O)CCC(=O)NC1=O. The Labute approximate surface area is 198 Å². The lowest BCUT2D eigenvalue weighted by Crippen LogP contribution is -2.63. The summed E-state index contributed by atoms with van der Waals surface area (Å²) in [4.78, 5) is 49.8. The predicted octanol–water partition coefficient (Wildman–Crippen LogP) is 2.14. The maximum absolute atomic E-state index is 14.5. The van der Waals surface area contributed by atoms with Crippen molar-refractivity contribution in [2.75, 3.05) is 0 Å². The molecule has 2 heterocycles. The van der Waals surface area contributed by atoms with Gasteiger partial charge in [0.15, 0.2) is 0 Å². The number of nitrogens with zero attached hydrogens (tertiary/aromatic N) is 1. The summed E-state index contributed by atoms with van der Waals surface area (Å²) in [7, 11) is 6.16. The number of amides is 4. The third-order valence-electron chi connectivity index (χ3n) is 5.84. The number of piperidine rings is 1. The van der Waals surface area contributed by atoms with Gasteiger partial charge in [-0.1, -0.05) is 23.7 Å². The molecule has 0 saturated carbocycles. The van der Waals surface area contributed by atoms with E-state index in [2.05, 4.69) is 10.6 Å². The Morgan fingerprint density at radius 3 is 2.62 bits per heavy atom. The topological polar surface area (TPSA) is 95.6 Å². The molecule has 1 atom stereocenters. The summed E-state index contributed by atoms with van der Waals surface area (Å²) >= 11 is 5.57. The molecule has 174 valence electrons. The van der Waals surface area contributed by atoms with Gasteiger partial charge in [0.25, 0.3) is 11.8 Å². The highest BCUT2D eigenvalue weighted by atomic mass is 35.5. The van der Waals surface area contributed by atoms with Gasteiger partial charge >= 0.3 is 5.92 Å². The van der Waals surface area contributed by atoms with Crippen molar-refractivity contribution in [3.63, 3.8) is 0 Å². The van der Waals surface area contributed by atoms with Crippen molar-refractivity contribution in [3.05, 3.63) is 69.5 Å². The predicted molar refractivity (Wildman–Crippen MR) is 114 cm³/mol. The van der Waals surface area contributed by atoms with E-state index in [-0.39, 0.29) is 36.5 Å². The molecule has 2 aromatic carbocycles. The summed E-state index contributed by atoms with van der Waals surface area (Å²) < 4.78 is 42.8. The van der Waals surface area contributed by atoms with Gasteiger partial charge < -0.3 is 10.2 Å². The van der Waals surface area contributed by atoms with Crippen LogP contribution < -0.4 is 10.6 Å². The van der Waals surface area contributed by atoms with Crippen molar-refractivity contribution in [2.45, 2.75) is 37.3 Å². The molecule has 7 nitrogen and oxygen atoms in total. The van der Waals surface area contributed by atoms with E-state index in [0.717, 1.165) is 17.0 Å². The second kappa shape index (κ2) is 8.46. The molecule has 4 amide bonds. The minimum atomic E-state index is -4.14. The summed E-state index contributed by atoms with van der Waals surface area (Å²) in [5.74, 6) is -8.94. The van der Waals surface area contributed by atoms with E-state index in [1.165, 1.54) is 18.2 Å². The monoisotopic (exact) mass is 489 g/mol. The third kappa shape index (κ3) is 4.04. The first-order valence-corrected chi connectivity index (χ1v) is 10.5. The molecule has 0 aromatic heterocycles. The van der Waals surface area contributed by atoms with Gasteiger partial charge in [0.2, 0.25) is 11.8 Å². The number of alkyl halides is 2. The molecule has 2 aliphatic rings. The molecule has 2 aliphatic heterocycles. The van der Waals surface area contributed by atoms with Gasteiger partial charge in [-0.2, -0.15) is 8.78 Å². The Hall–Kier alpha value is -3.34. The maximum Gasteiger partial charge on any atom is 0.352 e. The summed E-state index contributed by atoms with van der Waals surface area (Å²) in [6.07, 6.45) is -0.0707. The van der Waals surface area contributed by atoms with Gasteiger partial charge in [0, 0.05) is 30.1 Å². The molecular weight excluding hydrogens is 474 g/mol. The molecular formula is C22H16BClF3N3O4. The minimum absolute atomic E-state index is 0.0257. The van der Waals surface area contributed by atoms with Gasteiger partial charge in [0.1, 0.15) is 13.7 Å². The van der Waals surface area contributed by atoms with E-state index in [9.17, 15) is 32.3 Å². The Morgan fingerprint density at radius 2 is 1.94 bits per heavy atom. The summed E-state index contributed by atoms with van der Waals surface area (Å²) in [6.45, 7) is -0.367. The zero-order chi connectivity index (χ0) is 24.8. The number of hydrogen-bond acceptors (Lipinski definition) is 4. The normalized spacial score (nSPS) is 20.2. The van der Waals surface area contributed by atoms with E-state index in [1.807, 2.05) is 0 Å². The molecule has 0 bridgehead atoms. The van der Waals surface area contributed by atoms with Gasteiger partial charge in [-0.25, -0.2) is 4.39 Å². The van der Waals surface area contributed by atoms with Gasteiger partial charge in [-0.05, 0) is 41.8 Å². The van der Waals surface area contributed by atoms with Crippen LogP contribution in [0.2, 0.25) is 5.02 Å². The average Bonchev–Trinajstić information content (AvgIpc) is 3.11. The highest BCUT2D eigenvalue weighted by Crippen LogP contribution is 2.34. The van der Waals surface area contributed by atoms with Crippen LogP contribution in [0, 0.1) is 5.82 Å². The Bertz CT molecular complexity index is 1240. The molecule has 2 N–H and O–H groups in total. The van der Waals surface area contributed by atoms with Crippen molar-refractivity contribution in [3.8, 4) is 0 Å². The van der Waals surface area contributed by atoms with Crippen LogP contribution in [0.4, 0.5) is 13.2 Å². The Kier molecular flexibility index (Phi) is 5.93. The number of hydrogen-bond donors (Lipinski definition) is 2. The fraction of sp³-hybridized carbons (Fsp3) is 0.273. The zero-order valence-corrected chi connectivity index (χ0v) is 18.2. The van der Waals surface area contributed by atoms with E-state index in [0.29, 0.717) is 17.2 Å². The van der Waals surface area contributed by atoms with Crippen LogP contribution in [0.5, 0.6) is 0 Å². The van der Waals surface area contributed by atoms with Crippen LogP contribution in [0.3, 0.4) is 0 Å².